The van der Waals surface area contributed by atoms with Crippen LogP contribution in [0.5, 0.6) is 0 Å². The fourth-order valence-electron chi connectivity index (χ4n) is 4.60. The molecule has 1 aliphatic rings. The molecule has 2 aromatic carbocycles. The molecule has 3 aromatic rings. The summed E-state index contributed by atoms with van der Waals surface area (Å²) in [5, 5.41) is 11.9. The van der Waals surface area contributed by atoms with Gasteiger partial charge in [-0.25, -0.2) is 0 Å². The highest BCUT2D eigenvalue weighted by molar-refractivity contribution is 6.18. The van der Waals surface area contributed by atoms with Gasteiger partial charge in [0.05, 0.1) is 12.2 Å². The summed E-state index contributed by atoms with van der Waals surface area (Å²) in [5.41, 5.74) is 3.39. The van der Waals surface area contributed by atoms with E-state index in [1.165, 1.54) is 0 Å². The molecule has 0 saturated carbocycles. The number of nitrogens with one attached hydrogen (secondary N) is 4. The minimum absolute atomic E-state index is 0.124. The van der Waals surface area contributed by atoms with Crippen LogP contribution in [0.2, 0.25) is 0 Å². The number of rotatable bonds is 12. The number of benzene rings is 2. The molecule has 0 unspecified atom stereocenters. The summed E-state index contributed by atoms with van der Waals surface area (Å²) in [4.78, 5) is 42.6. The minimum Gasteiger partial charge on any atom is -0.369 e. The average molecular weight is 601 g/mol. The van der Waals surface area contributed by atoms with Crippen molar-refractivity contribution in [1.82, 2.24) is 14.8 Å². The average Bonchev–Trinajstić information content (AvgIpc) is 3.33. The van der Waals surface area contributed by atoms with Gasteiger partial charge in [-0.1, -0.05) is 6.07 Å². The third kappa shape index (κ3) is 8.71. The summed E-state index contributed by atoms with van der Waals surface area (Å²) >= 11 is 11.8. The molecule has 12 heteroatoms. The molecule has 0 atom stereocenters. The Morgan fingerprint density at radius 3 is 2.22 bits per heavy atom. The summed E-state index contributed by atoms with van der Waals surface area (Å²) in [6.45, 7) is 5.02. The third-order valence-electron chi connectivity index (χ3n) is 6.68. The molecule has 0 spiro atoms. The highest BCUT2D eigenvalue weighted by Crippen LogP contribution is 2.21. The van der Waals surface area contributed by atoms with Gasteiger partial charge in [0.1, 0.15) is 5.69 Å². The van der Waals surface area contributed by atoms with Crippen LogP contribution in [0.15, 0.2) is 60.8 Å². The molecule has 218 valence electrons. The van der Waals surface area contributed by atoms with Crippen molar-refractivity contribution >= 4 is 63.7 Å². The van der Waals surface area contributed by atoms with Gasteiger partial charge in [-0.05, 0) is 48.5 Å². The highest BCUT2D eigenvalue weighted by Gasteiger charge is 2.17. The summed E-state index contributed by atoms with van der Waals surface area (Å²) in [6, 6.07) is 15.8. The predicted octanol–water partition coefficient (Wildman–Crippen LogP) is 3.66. The van der Waals surface area contributed by atoms with Crippen LogP contribution >= 0.6 is 23.2 Å². The summed E-state index contributed by atoms with van der Waals surface area (Å²) in [5.74, 6) is 0.186. The van der Waals surface area contributed by atoms with E-state index in [2.05, 4.69) is 31.1 Å². The van der Waals surface area contributed by atoms with Gasteiger partial charge < -0.3 is 30.7 Å². The number of piperazine rings is 1. The minimum atomic E-state index is -0.352. The van der Waals surface area contributed by atoms with E-state index < -0.39 is 0 Å². The summed E-state index contributed by atoms with van der Waals surface area (Å²) < 4.78 is 1.65. The molecule has 1 aliphatic heterocycles. The fraction of sp³-hybridized carbons (Fsp3) is 0.345. The molecule has 0 aliphatic carbocycles. The van der Waals surface area contributed by atoms with E-state index in [9.17, 15) is 14.4 Å². The molecule has 1 saturated heterocycles. The highest BCUT2D eigenvalue weighted by atomic mass is 35.5. The first-order valence-electron chi connectivity index (χ1n) is 13.5. The van der Waals surface area contributed by atoms with Crippen molar-refractivity contribution in [2.24, 2.45) is 7.05 Å². The smallest absolute Gasteiger partial charge is 0.272 e. The van der Waals surface area contributed by atoms with Crippen LogP contribution in [0.3, 0.4) is 0 Å². The Labute approximate surface area is 250 Å². The maximum absolute atomic E-state index is 13.0. The van der Waals surface area contributed by atoms with Gasteiger partial charge in [0.2, 0.25) is 5.91 Å². The molecule has 41 heavy (non-hydrogen) atoms. The number of aromatic nitrogens is 1. The normalized spacial score (nSPS) is 13.4. The standard InChI is InChI=1S/C29H35Cl2N7O3/c1-36-19-24(18-26(36)29(41)34-22-5-7-25(8-6-22)38(13-9-30)14-10-31)35-28(40)21-3-2-4-23(17-21)33-27(39)20-37-15-11-32-12-16-37/h2-8,17-19,32H,9-16,20H2,1H3,(H,33,39)(H,34,41)(H,35,40). The molecule has 3 amide bonds. The number of aryl methyl sites for hydroxylation is 1. The molecule has 1 fully saturated rings. The number of carbonyl (C=O) groups is 3. The fourth-order valence-corrected chi connectivity index (χ4v) is 5.01. The predicted molar refractivity (Wildman–Crippen MR) is 166 cm³/mol. The SMILES string of the molecule is Cn1cc(NC(=O)c2cccc(NC(=O)CN3CCNCC3)c2)cc1C(=O)Nc1ccc(N(CCCl)CCCl)cc1. The van der Waals surface area contributed by atoms with Crippen LogP contribution in [0.4, 0.5) is 22.7 Å². The number of hydrogen-bond donors (Lipinski definition) is 4. The van der Waals surface area contributed by atoms with Gasteiger partial charge in [-0.15, -0.1) is 23.2 Å². The van der Waals surface area contributed by atoms with Crippen LogP contribution in [0.25, 0.3) is 0 Å². The zero-order valence-electron chi connectivity index (χ0n) is 23.0. The van der Waals surface area contributed by atoms with Crippen LogP contribution in [0.1, 0.15) is 20.8 Å². The van der Waals surface area contributed by atoms with Crippen molar-refractivity contribution < 1.29 is 14.4 Å². The lowest BCUT2D eigenvalue weighted by Gasteiger charge is -2.26. The van der Waals surface area contributed by atoms with E-state index >= 15 is 0 Å². The number of carbonyl (C=O) groups excluding carboxylic acids is 3. The lowest BCUT2D eigenvalue weighted by atomic mass is 10.2. The van der Waals surface area contributed by atoms with Gasteiger partial charge in [0.15, 0.2) is 0 Å². The molecule has 2 heterocycles. The summed E-state index contributed by atoms with van der Waals surface area (Å²) in [6.07, 6.45) is 1.67. The zero-order chi connectivity index (χ0) is 29.2. The van der Waals surface area contributed by atoms with Gasteiger partial charge in [0, 0.05) is 86.9 Å². The maximum Gasteiger partial charge on any atom is 0.272 e. The van der Waals surface area contributed by atoms with Crippen LogP contribution in [-0.2, 0) is 11.8 Å². The molecular formula is C29H35Cl2N7O3. The second-order valence-corrected chi connectivity index (χ2v) is 10.5. The van der Waals surface area contributed by atoms with E-state index in [0.717, 1.165) is 31.9 Å². The first kappa shape index (κ1) is 30.4. The number of alkyl halides is 2. The molecule has 4 N–H and O–H groups in total. The lowest BCUT2D eigenvalue weighted by Crippen LogP contribution is -2.46. The first-order valence-corrected chi connectivity index (χ1v) is 14.5. The Morgan fingerprint density at radius 1 is 0.854 bits per heavy atom. The largest absolute Gasteiger partial charge is 0.369 e. The molecule has 0 bridgehead atoms. The van der Waals surface area contributed by atoms with E-state index in [1.807, 2.05) is 24.3 Å². The van der Waals surface area contributed by atoms with Gasteiger partial charge in [-0.3, -0.25) is 19.3 Å². The maximum atomic E-state index is 13.0. The quantitative estimate of drug-likeness (QED) is 0.236. The molecule has 10 nitrogen and oxygen atoms in total. The van der Waals surface area contributed by atoms with Gasteiger partial charge >= 0.3 is 0 Å². The molecular weight excluding hydrogens is 565 g/mol. The Hall–Kier alpha value is -3.57. The second kappa shape index (κ2) is 14.9. The Balaban J connectivity index is 1.34. The van der Waals surface area contributed by atoms with Crippen LogP contribution in [0, 0.1) is 0 Å². The van der Waals surface area contributed by atoms with Crippen molar-refractivity contribution in [2.45, 2.75) is 0 Å². The molecule has 1 aromatic heterocycles. The number of anilines is 4. The van der Waals surface area contributed by atoms with E-state index in [-0.39, 0.29) is 17.7 Å². The van der Waals surface area contributed by atoms with Gasteiger partial charge in [-0.2, -0.15) is 0 Å². The third-order valence-corrected chi connectivity index (χ3v) is 7.02. The zero-order valence-corrected chi connectivity index (χ0v) is 24.5. The van der Waals surface area contributed by atoms with Gasteiger partial charge in [0.25, 0.3) is 11.8 Å². The van der Waals surface area contributed by atoms with E-state index in [1.54, 1.807) is 48.1 Å². The van der Waals surface area contributed by atoms with E-state index in [4.69, 9.17) is 23.2 Å². The van der Waals surface area contributed by atoms with Crippen molar-refractivity contribution in [1.29, 1.82) is 0 Å². The Kier molecular flexibility index (Phi) is 11.0. The summed E-state index contributed by atoms with van der Waals surface area (Å²) in [7, 11) is 1.73. The van der Waals surface area contributed by atoms with Crippen molar-refractivity contribution in [3.8, 4) is 0 Å². The number of halogens is 2. The second-order valence-electron chi connectivity index (χ2n) is 9.70. The molecule has 4 rings (SSSR count). The molecule has 0 radical (unpaired) electrons. The van der Waals surface area contributed by atoms with Crippen LogP contribution < -0.4 is 26.2 Å². The Morgan fingerprint density at radius 2 is 1.54 bits per heavy atom. The Bertz CT molecular complexity index is 1330. The van der Waals surface area contributed by atoms with E-state index in [0.29, 0.717) is 59.7 Å². The lowest BCUT2D eigenvalue weighted by molar-refractivity contribution is -0.117. The monoisotopic (exact) mass is 599 g/mol. The first-order chi connectivity index (χ1) is 19.9. The number of amides is 3. The number of nitrogens with zero attached hydrogens (tertiary/aromatic N) is 3. The van der Waals surface area contributed by atoms with Crippen molar-refractivity contribution in [3.63, 3.8) is 0 Å². The van der Waals surface area contributed by atoms with Crippen molar-refractivity contribution in [2.75, 3.05) is 78.4 Å². The van der Waals surface area contributed by atoms with Crippen LogP contribution in [-0.4, -0.2) is 84.8 Å². The van der Waals surface area contributed by atoms with Crippen molar-refractivity contribution in [3.05, 3.63) is 72.1 Å². The topological polar surface area (TPSA) is 111 Å². The number of hydrogen-bond acceptors (Lipinski definition) is 6.